The first-order valence-electron chi connectivity index (χ1n) is 7.88. The van der Waals surface area contributed by atoms with Crippen molar-refractivity contribution in [3.05, 3.63) is 24.8 Å². The summed E-state index contributed by atoms with van der Waals surface area (Å²) in [6.07, 6.45) is 8.02. The summed E-state index contributed by atoms with van der Waals surface area (Å²) >= 11 is 7.43. The molecule has 0 aromatic carbocycles. The molecule has 2 heteroatoms. The first kappa shape index (κ1) is 18.5. The first-order chi connectivity index (χ1) is 9.29. The van der Waals surface area contributed by atoms with Gasteiger partial charge in [0.25, 0.3) is 0 Å². The number of hydrogen-bond acceptors (Lipinski definition) is 0. The highest BCUT2D eigenvalue weighted by atomic mass is 79.9. The second-order valence-corrected chi connectivity index (χ2v) is 9.41. The molecule has 0 saturated heterocycles. The van der Waals surface area contributed by atoms with Gasteiger partial charge in [0.2, 0.25) is 0 Å². The van der Waals surface area contributed by atoms with Gasteiger partial charge in [-0.1, -0.05) is 84.7 Å². The number of alkyl halides is 2. The summed E-state index contributed by atoms with van der Waals surface area (Å²) in [5.41, 5.74) is 0. The van der Waals surface area contributed by atoms with Crippen LogP contribution in [0.5, 0.6) is 0 Å². The maximum Gasteiger partial charge on any atom is 0.0391 e. The Bertz CT molecular complexity index is 334. The molecular formula is C18H30Br2. The maximum absolute atomic E-state index is 3.91. The molecule has 0 saturated carbocycles. The van der Waals surface area contributed by atoms with Crippen LogP contribution in [-0.2, 0) is 0 Å². The quantitative estimate of drug-likeness (QED) is 0.321. The van der Waals surface area contributed by atoms with Gasteiger partial charge in [-0.25, -0.2) is 0 Å². The van der Waals surface area contributed by atoms with Gasteiger partial charge in [0.05, 0.1) is 0 Å². The number of hydrogen-bond donors (Lipinski definition) is 0. The highest BCUT2D eigenvalue weighted by molar-refractivity contribution is 9.09. The Balaban J connectivity index is 2.60. The smallest absolute Gasteiger partial charge is 0.0391 e. The van der Waals surface area contributed by atoms with Crippen LogP contribution < -0.4 is 0 Å². The van der Waals surface area contributed by atoms with Crippen molar-refractivity contribution in [1.82, 2.24) is 0 Å². The predicted molar refractivity (Wildman–Crippen MR) is 98.7 cm³/mol. The van der Waals surface area contributed by atoms with E-state index in [0.29, 0.717) is 21.5 Å². The van der Waals surface area contributed by atoms with Gasteiger partial charge in [-0.2, -0.15) is 0 Å². The molecule has 0 fully saturated rings. The van der Waals surface area contributed by atoms with E-state index in [0.717, 1.165) is 23.7 Å². The van der Waals surface area contributed by atoms with E-state index in [1.165, 1.54) is 6.42 Å². The van der Waals surface area contributed by atoms with Crippen LogP contribution in [0.25, 0.3) is 0 Å². The zero-order valence-electron chi connectivity index (χ0n) is 13.5. The molecule has 1 aliphatic rings. The first-order valence-corrected chi connectivity index (χ1v) is 9.71. The summed E-state index contributed by atoms with van der Waals surface area (Å²) in [5.74, 6) is 4.33. The van der Waals surface area contributed by atoms with E-state index in [1.807, 2.05) is 6.08 Å². The fourth-order valence-electron chi connectivity index (χ4n) is 3.44. The Morgan fingerprint density at radius 2 is 1.55 bits per heavy atom. The molecule has 0 aromatic heterocycles. The highest BCUT2D eigenvalue weighted by Crippen LogP contribution is 2.43. The summed E-state index contributed by atoms with van der Waals surface area (Å²) in [4.78, 5) is 1.04. The molecule has 0 nitrogen and oxygen atoms in total. The Morgan fingerprint density at radius 3 is 1.95 bits per heavy atom. The Morgan fingerprint density at radius 1 is 1.00 bits per heavy atom. The van der Waals surface area contributed by atoms with Crippen LogP contribution in [-0.4, -0.2) is 9.65 Å². The molecule has 0 aromatic rings. The summed E-state index contributed by atoms with van der Waals surface area (Å²) in [7, 11) is 0. The Kier molecular flexibility index (Phi) is 7.56. The SMILES string of the molecule is C=CC(Br)[C@@H]1C=C[C@H]1[C@H](C)[C@H](C)[C@@H](C)[C@@H](C)C[C@@H](C)Br. The van der Waals surface area contributed by atoms with E-state index in [-0.39, 0.29) is 0 Å². The van der Waals surface area contributed by atoms with Gasteiger partial charge in [0.1, 0.15) is 0 Å². The average Bonchev–Trinajstić information content (AvgIpc) is 2.34. The van der Waals surface area contributed by atoms with Crippen LogP contribution in [0.4, 0.5) is 0 Å². The van der Waals surface area contributed by atoms with Crippen molar-refractivity contribution >= 4 is 31.9 Å². The van der Waals surface area contributed by atoms with Crippen molar-refractivity contribution in [3.8, 4) is 0 Å². The van der Waals surface area contributed by atoms with Gasteiger partial charge in [-0.15, -0.1) is 6.58 Å². The lowest BCUT2D eigenvalue weighted by atomic mass is 9.65. The van der Waals surface area contributed by atoms with Crippen molar-refractivity contribution in [1.29, 1.82) is 0 Å². The molecule has 1 aliphatic carbocycles. The largest absolute Gasteiger partial charge is 0.102 e. The van der Waals surface area contributed by atoms with Crippen molar-refractivity contribution in [2.45, 2.75) is 50.7 Å². The Hall–Kier alpha value is 0.440. The molecule has 0 N–H and O–H groups in total. The van der Waals surface area contributed by atoms with Crippen LogP contribution >= 0.6 is 31.9 Å². The van der Waals surface area contributed by atoms with Gasteiger partial charge >= 0.3 is 0 Å². The number of rotatable bonds is 8. The van der Waals surface area contributed by atoms with Gasteiger partial charge in [-0.05, 0) is 41.9 Å². The molecule has 0 heterocycles. The van der Waals surface area contributed by atoms with Crippen LogP contribution in [0.1, 0.15) is 41.0 Å². The molecular weight excluding hydrogens is 376 g/mol. The van der Waals surface area contributed by atoms with Gasteiger partial charge in [0, 0.05) is 9.65 Å². The van der Waals surface area contributed by atoms with E-state index in [1.54, 1.807) is 0 Å². The Labute approximate surface area is 142 Å². The third-order valence-corrected chi connectivity index (χ3v) is 6.81. The molecule has 0 aliphatic heterocycles. The minimum absolute atomic E-state index is 0.419. The molecule has 0 amide bonds. The normalized spacial score (nSPS) is 30.8. The van der Waals surface area contributed by atoms with E-state index >= 15 is 0 Å². The summed E-state index contributed by atoms with van der Waals surface area (Å²) in [5, 5.41) is 0. The van der Waals surface area contributed by atoms with Crippen LogP contribution in [0, 0.1) is 35.5 Å². The van der Waals surface area contributed by atoms with Gasteiger partial charge in [0.15, 0.2) is 0 Å². The maximum atomic E-state index is 3.91. The zero-order chi connectivity index (χ0) is 15.4. The van der Waals surface area contributed by atoms with Crippen LogP contribution in [0.2, 0.25) is 0 Å². The van der Waals surface area contributed by atoms with Crippen molar-refractivity contribution < 1.29 is 0 Å². The highest BCUT2D eigenvalue weighted by Gasteiger charge is 2.37. The molecule has 0 radical (unpaired) electrons. The fourth-order valence-corrected chi connectivity index (χ4v) is 4.56. The summed E-state index contributed by atoms with van der Waals surface area (Å²) in [6.45, 7) is 15.9. The standard InChI is InChI=1S/C18H30Br2/c1-7-18(20)17-9-8-16(17)15(6)14(5)13(4)11(2)10-12(3)19/h7-9,11-18H,1,10H2,2-6H3/t11-,12+,13-,14+,15+,16-,17+,18?/m0/s1. The second kappa shape index (κ2) is 8.17. The summed E-state index contributed by atoms with van der Waals surface area (Å²) < 4.78 is 0. The third-order valence-electron chi connectivity index (χ3n) is 5.45. The topological polar surface area (TPSA) is 0 Å². The lowest BCUT2D eigenvalue weighted by Crippen LogP contribution is -2.36. The molecule has 0 spiro atoms. The number of halogens is 2. The fraction of sp³-hybridized carbons (Fsp3) is 0.778. The second-order valence-electron chi connectivity index (χ2n) is 6.79. The summed E-state index contributed by atoms with van der Waals surface area (Å²) in [6, 6.07) is 0. The third kappa shape index (κ3) is 4.47. The minimum atomic E-state index is 0.419. The monoisotopic (exact) mass is 404 g/mol. The van der Waals surface area contributed by atoms with Crippen LogP contribution in [0.15, 0.2) is 24.8 Å². The van der Waals surface area contributed by atoms with E-state index in [4.69, 9.17) is 0 Å². The van der Waals surface area contributed by atoms with Crippen molar-refractivity contribution in [3.63, 3.8) is 0 Å². The molecule has 20 heavy (non-hydrogen) atoms. The zero-order valence-corrected chi connectivity index (χ0v) is 16.7. The molecule has 8 atom stereocenters. The van der Waals surface area contributed by atoms with Gasteiger partial charge in [-0.3, -0.25) is 0 Å². The van der Waals surface area contributed by atoms with Crippen LogP contribution in [0.3, 0.4) is 0 Å². The van der Waals surface area contributed by atoms with Crippen molar-refractivity contribution in [2.75, 3.05) is 0 Å². The minimum Gasteiger partial charge on any atom is -0.102 e. The molecule has 0 bridgehead atoms. The van der Waals surface area contributed by atoms with Crippen molar-refractivity contribution in [2.24, 2.45) is 35.5 Å². The van der Waals surface area contributed by atoms with E-state index in [2.05, 4.69) is 85.2 Å². The van der Waals surface area contributed by atoms with E-state index < -0.39 is 0 Å². The number of allylic oxidation sites excluding steroid dienone is 3. The molecule has 1 unspecified atom stereocenters. The van der Waals surface area contributed by atoms with E-state index in [9.17, 15) is 0 Å². The predicted octanol–water partition coefficient (Wildman–Crippen LogP) is 6.46. The molecule has 116 valence electrons. The van der Waals surface area contributed by atoms with Gasteiger partial charge < -0.3 is 0 Å². The average molecular weight is 406 g/mol. The lowest BCUT2D eigenvalue weighted by molar-refractivity contribution is 0.149. The lowest BCUT2D eigenvalue weighted by Gasteiger charge is -2.41. The molecule has 1 rings (SSSR count).